The van der Waals surface area contributed by atoms with Gasteiger partial charge in [-0.2, -0.15) is 0 Å². The molecule has 8 heteroatoms. The topological polar surface area (TPSA) is 83.7 Å². The van der Waals surface area contributed by atoms with Gasteiger partial charge in [-0.1, -0.05) is 30.3 Å². The molecule has 0 unspecified atom stereocenters. The zero-order chi connectivity index (χ0) is 28.2. The van der Waals surface area contributed by atoms with Crippen LogP contribution >= 0.6 is 0 Å². The molecule has 7 nitrogen and oxygen atoms in total. The van der Waals surface area contributed by atoms with E-state index in [1.165, 1.54) is 12.1 Å². The molecular weight excluding hydrogens is 509 g/mol. The third kappa shape index (κ3) is 5.53. The summed E-state index contributed by atoms with van der Waals surface area (Å²) in [6.45, 7) is 1.54. The van der Waals surface area contributed by atoms with Gasteiger partial charge in [-0.3, -0.25) is 9.59 Å². The highest BCUT2D eigenvalue weighted by molar-refractivity contribution is 6.13. The number of nitrogens with one attached hydrogen (secondary N) is 2. The fraction of sp³-hybridized carbons (Fsp3) is 0.188. The van der Waals surface area contributed by atoms with Gasteiger partial charge in [0.05, 0.1) is 30.8 Å². The average Bonchev–Trinajstić information content (AvgIpc) is 2.96. The molecule has 1 heterocycles. The Morgan fingerprint density at radius 3 is 2.38 bits per heavy atom. The van der Waals surface area contributed by atoms with Crippen molar-refractivity contribution in [1.82, 2.24) is 9.88 Å². The number of halogens is 1. The normalized spacial score (nSPS) is 11.2. The van der Waals surface area contributed by atoms with Gasteiger partial charge in [0, 0.05) is 29.5 Å². The summed E-state index contributed by atoms with van der Waals surface area (Å²) < 4.78 is 25.2. The monoisotopic (exact) mass is 539 g/mol. The Morgan fingerprint density at radius 1 is 0.875 bits per heavy atom. The molecular formula is C32H30FN3O4. The molecule has 2 N–H and O–H groups in total. The number of aromatic amines is 1. The largest absolute Gasteiger partial charge is 0.493 e. The molecule has 4 aromatic carbocycles. The number of methoxy groups -OCH3 is 2. The van der Waals surface area contributed by atoms with Crippen LogP contribution in [0.15, 0.2) is 83.7 Å². The number of nitrogens with zero attached hydrogens (tertiary/aromatic N) is 1. The predicted octanol–water partition coefficient (Wildman–Crippen LogP) is 5.76. The van der Waals surface area contributed by atoms with Crippen LogP contribution < -0.4 is 20.2 Å². The number of carbonyl (C=O) groups excluding carboxylic acids is 1. The molecule has 5 aromatic rings. The summed E-state index contributed by atoms with van der Waals surface area (Å²) >= 11 is 0. The van der Waals surface area contributed by atoms with Crippen molar-refractivity contribution in [2.75, 3.05) is 33.1 Å². The van der Waals surface area contributed by atoms with Crippen LogP contribution in [0.2, 0.25) is 0 Å². The van der Waals surface area contributed by atoms with E-state index in [1.807, 2.05) is 42.5 Å². The number of amides is 1. The first-order valence-corrected chi connectivity index (χ1v) is 12.9. The lowest BCUT2D eigenvalue weighted by Gasteiger charge is -2.18. The van der Waals surface area contributed by atoms with Crippen molar-refractivity contribution in [3.05, 3.63) is 112 Å². The van der Waals surface area contributed by atoms with Crippen LogP contribution in [0.4, 0.5) is 10.1 Å². The number of aromatic nitrogens is 1. The molecule has 0 fully saturated rings. The molecule has 0 aliphatic carbocycles. The maximum Gasteiger partial charge on any atom is 0.257 e. The van der Waals surface area contributed by atoms with Crippen molar-refractivity contribution < 1.29 is 18.7 Å². The van der Waals surface area contributed by atoms with Gasteiger partial charge in [0.25, 0.3) is 5.91 Å². The Bertz CT molecular complexity index is 1770. The number of pyridine rings is 1. The quantitative estimate of drug-likeness (QED) is 0.233. The highest BCUT2D eigenvalue weighted by Crippen LogP contribution is 2.28. The number of hydrogen-bond acceptors (Lipinski definition) is 5. The summed E-state index contributed by atoms with van der Waals surface area (Å²) in [6.07, 6.45) is 0.778. The van der Waals surface area contributed by atoms with Crippen LogP contribution in [0.1, 0.15) is 21.5 Å². The smallest absolute Gasteiger partial charge is 0.257 e. The number of ether oxygens (including phenoxy) is 2. The van der Waals surface area contributed by atoms with E-state index >= 15 is 0 Å². The minimum absolute atomic E-state index is 0.0828. The van der Waals surface area contributed by atoms with Crippen LogP contribution in [0.5, 0.6) is 11.5 Å². The molecule has 0 saturated heterocycles. The molecule has 0 bridgehead atoms. The zero-order valence-corrected chi connectivity index (χ0v) is 22.6. The second-order valence-electron chi connectivity index (χ2n) is 9.68. The minimum atomic E-state index is -0.546. The van der Waals surface area contributed by atoms with Crippen LogP contribution in [-0.4, -0.2) is 43.6 Å². The molecule has 0 atom stereocenters. The Labute approximate surface area is 231 Å². The first-order chi connectivity index (χ1) is 19.4. The van der Waals surface area contributed by atoms with Crippen molar-refractivity contribution in [3.63, 3.8) is 0 Å². The summed E-state index contributed by atoms with van der Waals surface area (Å²) in [4.78, 5) is 31.5. The van der Waals surface area contributed by atoms with E-state index < -0.39 is 5.82 Å². The lowest BCUT2D eigenvalue weighted by Crippen LogP contribution is -2.21. The Kier molecular flexibility index (Phi) is 7.79. The van der Waals surface area contributed by atoms with E-state index in [0.29, 0.717) is 28.1 Å². The van der Waals surface area contributed by atoms with Crippen molar-refractivity contribution >= 4 is 33.4 Å². The number of H-pyrrole nitrogens is 1. The Morgan fingerprint density at radius 2 is 1.60 bits per heavy atom. The summed E-state index contributed by atoms with van der Waals surface area (Å²) in [5.74, 6) is 0.462. The number of fused-ring (bicyclic) bond motifs is 2. The van der Waals surface area contributed by atoms with Gasteiger partial charge in [-0.25, -0.2) is 4.39 Å². The van der Waals surface area contributed by atoms with Crippen LogP contribution in [0.25, 0.3) is 21.8 Å². The first-order valence-electron chi connectivity index (χ1n) is 12.9. The fourth-order valence-corrected chi connectivity index (χ4v) is 4.87. The van der Waals surface area contributed by atoms with Gasteiger partial charge in [-0.15, -0.1) is 0 Å². The highest BCUT2D eigenvalue weighted by Gasteiger charge is 2.16. The minimum Gasteiger partial charge on any atom is -0.493 e. The van der Waals surface area contributed by atoms with E-state index in [2.05, 4.69) is 22.2 Å². The molecule has 1 aromatic heterocycles. The summed E-state index contributed by atoms with van der Waals surface area (Å²) in [5, 5.41) is 3.50. The summed E-state index contributed by atoms with van der Waals surface area (Å²) in [5.41, 5.74) is 3.14. The first kappa shape index (κ1) is 26.9. The van der Waals surface area contributed by atoms with Crippen molar-refractivity contribution in [2.45, 2.75) is 13.0 Å². The molecule has 204 valence electrons. The van der Waals surface area contributed by atoms with Crippen LogP contribution in [0, 0.1) is 5.82 Å². The molecule has 0 radical (unpaired) electrons. The van der Waals surface area contributed by atoms with Gasteiger partial charge in [0.2, 0.25) is 0 Å². The van der Waals surface area contributed by atoms with Crippen molar-refractivity contribution in [1.29, 1.82) is 0 Å². The Balaban J connectivity index is 1.29. The maximum absolute atomic E-state index is 14.4. The predicted molar refractivity (Wildman–Crippen MR) is 156 cm³/mol. The average molecular weight is 540 g/mol. The van der Waals surface area contributed by atoms with E-state index in [9.17, 15) is 14.0 Å². The number of hydrogen-bond donors (Lipinski definition) is 2. The molecule has 0 aliphatic heterocycles. The third-order valence-corrected chi connectivity index (χ3v) is 6.93. The van der Waals surface area contributed by atoms with E-state index in [0.717, 1.165) is 30.6 Å². The number of likely N-dealkylation sites (N-methyl/N-ethyl adjacent to an activating group) is 1. The molecule has 0 aliphatic rings. The maximum atomic E-state index is 14.4. The highest BCUT2D eigenvalue weighted by atomic mass is 19.1. The van der Waals surface area contributed by atoms with E-state index in [1.54, 1.807) is 38.5 Å². The van der Waals surface area contributed by atoms with Gasteiger partial charge >= 0.3 is 0 Å². The van der Waals surface area contributed by atoms with Gasteiger partial charge in [0.15, 0.2) is 16.9 Å². The lowest BCUT2D eigenvalue weighted by atomic mass is 10.1. The number of anilines is 1. The molecule has 40 heavy (non-hydrogen) atoms. The zero-order valence-electron chi connectivity index (χ0n) is 22.6. The SMILES string of the molecule is COc1ccc(CN(C)CCc2cccc(NC(=O)c3cccc4c(=O)c5cccc(F)c5[nH]c34)c2)cc1OC. The van der Waals surface area contributed by atoms with Crippen molar-refractivity contribution in [2.24, 2.45) is 0 Å². The second kappa shape index (κ2) is 11.6. The molecule has 0 saturated carbocycles. The van der Waals surface area contributed by atoms with Crippen molar-refractivity contribution in [3.8, 4) is 11.5 Å². The number of para-hydroxylation sites is 2. The van der Waals surface area contributed by atoms with E-state index in [-0.39, 0.29) is 27.8 Å². The van der Waals surface area contributed by atoms with Gasteiger partial charge in [0.1, 0.15) is 5.82 Å². The number of carbonyl (C=O) groups is 1. The van der Waals surface area contributed by atoms with E-state index in [4.69, 9.17) is 9.47 Å². The molecule has 5 rings (SSSR count). The lowest BCUT2D eigenvalue weighted by molar-refractivity contribution is 0.102. The summed E-state index contributed by atoms with van der Waals surface area (Å²) in [6, 6.07) is 22.8. The molecule has 0 spiro atoms. The fourth-order valence-electron chi connectivity index (χ4n) is 4.87. The Hall–Kier alpha value is -4.69. The second-order valence-corrected chi connectivity index (χ2v) is 9.68. The standard InChI is InChI=1S/C32H30FN3O4/c1-36(19-21-13-14-27(39-2)28(18-21)40-3)16-15-20-7-4-8-22(17-20)34-32(38)25-11-5-9-23-29(25)35-30-24(31(23)37)10-6-12-26(30)33/h4-14,17-18H,15-16,19H2,1-3H3,(H,34,38)(H,35,37). The van der Waals surface area contributed by atoms with Crippen LogP contribution in [-0.2, 0) is 13.0 Å². The number of benzene rings is 4. The van der Waals surface area contributed by atoms with Gasteiger partial charge in [-0.05, 0) is 73.1 Å². The number of rotatable bonds is 9. The van der Waals surface area contributed by atoms with Crippen LogP contribution in [0.3, 0.4) is 0 Å². The summed E-state index contributed by atoms with van der Waals surface area (Å²) in [7, 11) is 5.29. The third-order valence-electron chi connectivity index (χ3n) is 6.93. The molecule has 1 amide bonds. The van der Waals surface area contributed by atoms with Gasteiger partial charge < -0.3 is 24.7 Å².